The summed E-state index contributed by atoms with van der Waals surface area (Å²) >= 11 is 0. The van der Waals surface area contributed by atoms with Gasteiger partial charge in [0.05, 0.1) is 0 Å². The minimum absolute atomic E-state index is 0.218. The monoisotopic (exact) mass is 177 g/mol. The van der Waals surface area contributed by atoms with E-state index in [4.69, 9.17) is 16.9 Å². The van der Waals surface area contributed by atoms with Gasteiger partial charge in [-0.1, -0.05) is 0 Å². The molecular formula is C9H11N3O. The molecule has 0 unspecified atom stereocenters. The van der Waals surface area contributed by atoms with Crippen LogP contribution < -0.4 is 10.5 Å². The Hall–Kier alpha value is -1.76. The van der Waals surface area contributed by atoms with E-state index >= 15 is 0 Å². The van der Waals surface area contributed by atoms with Crippen LogP contribution in [0, 0.1) is 19.3 Å². The lowest BCUT2D eigenvalue weighted by Gasteiger charge is -2.03. The van der Waals surface area contributed by atoms with Crippen LogP contribution in [0.5, 0.6) is 5.88 Å². The zero-order valence-corrected chi connectivity index (χ0v) is 7.45. The second-order valence-corrected chi connectivity index (χ2v) is 2.51. The molecule has 2 N–H and O–H groups in total. The number of aryl methyl sites for hydroxylation is 1. The maximum atomic E-state index is 5.42. The zero-order chi connectivity index (χ0) is 9.68. The maximum absolute atomic E-state index is 5.42. The normalized spacial score (nSPS) is 9.23. The Bertz CT molecular complexity index is 310. The number of hydrogen-bond acceptors (Lipinski definition) is 4. The van der Waals surface area contributed by atoms with Crippen LogP contribution in [0.2, 0.25) is 0 Å². The Labute approximate surface area is 77.1 Å². The molecule has 0 aromatic carbocycles. The largest absolute Gasteiger partial charge is 0.477 e. The van der Waals surface area contributed by atoms with E-state index in [2.05, 4.69) is 15.9 Å². The molecule has 0 bridgehead atoms. The number of anilines is 1. The molecule has 0 amide bonds. The highest BCUT2D eigenvalue weighted by molar-refractivity contribution is 5.25. The standard InChI is InChI=1S/C9H11N3O/c1-3-4-5-13-8-6-7(2)11-9(10)12-8/h1,6H,4-5H2,2H3,(H2,10,11,12). The Morgan fingerprint density at radius 2 is 2.38 bits per heavy atom. The second-order valence-electron chi connectivity index (χ2n) is 2.51. The summed E-state index contributed by atoms with van der Waals surface area (Å²) in [6, 6.07) is 1.72. The van der Waals surface area contributed by atoms with Crippen molar-refractivity contribution in [3.8, 4) is 18.2 Å². The molecule has 0 saturated carbocycles. The molecule has 4 nitrogen and oxygen atoms in total. The third-order valence-corrected chi connectivity index (χ3v) is 1.34. The number of nitrogen functional groups attached to an aromatic ring is 1. The fourth-order valence-corrected chi connectivity index (χ4v) is 0.850. The minimum Gasteiger partial charge on any atom is -0.477 e. The molecule has 0 aliphatic rings. The zero-order valence-electron chi connectivity index (χ0n) is 7.45. The van der Waals surface area contributed by atoms with Crippen LogP contribution in [0.1, 0.15) is 12.1 Å². The van der Waals surface area contributed by atoms with Crippen molar-refractivity contribution in [2.45, 2.75) is 13.3 Å². The molecule has 0 fully saturated rings. The Morgan fingerprint density at radius 1 is 1.62 bits per heavy atom. The first-order valence-corrected chi connectivity index (χ1v) is 3.90. The summed E-state index contributed by atoms with van der Waals surface area (Å²) in [4.78, 5) is 7.79. The van der Waals surface area contributed by atoms with Crippen LogP contribution in [0.3, 0.4) is 0 Å². The van der Waals surface area contributed by atoms with Crippen molar-refractivity contribution in [3.05, 3.63) is 11.8 Å². The number of hydrogen-bond donors (Lipinski definition) is 1. The van der Waals surface area contributed by atoms with Gasteiger partial charge in [0, 0.05) is 18.2 Å². The third-order valence-electron chi connectivity index (χ3n) is 1.34. The number of nitrogens with zero attached hydrogens (tertiary/aromatic N) is 2. The average Bonchev–Trinajstić information content (AvgIpc) is 2.03. The van der Waals surface area contributed by atoms with E-state index in [1.54, 1.807) is 6.07 Å². The summed E-state index contributed by atoms with van der Waals surface area (Å²) in [5, 5.41) is 0. The van der Waals surface area contributed by atoms with Crippen molar-refractivity contribution in [2.24, 2.45) is 0 Å². The summed E-state index contributed by atoms with van der Waals surface area (Å²) in [6.07, 6.45) is 5.62. The molecule has 0 spiro atoms. The highest BCUT2D eigenvalue weighted by Gasteiger charge is 1.98. The van der Waals surface area contributed by atoms with Crippen molar-refractivity contribution in [2.75, 3.05) is 12.3 Å². The summed E-state index contributed by atoms with van der Waals surface area (Å²) in [6.45, 7) is 2.28. The molecule has 0 aliphatic carbocycles. The van der Waals surface area contributed by atoms with Gasteiger partial charge in [0.2, 0.25) is 11.8 Å². The van der Waals surface area contributed by atoms with E-state index in [9.17, 15) is 0 Å². The number of nitrogens with two attached hydrogens (primary N) is 1. The van der Waals surface area contributed by atoms with E-state index in [0.29, 0.717) is 18.9 Å². The molecule has 13 heavy (non-hydrogen) atoms. The van der Waals surface area contributed by atoms with Crippen molar-refractivity contribution >= 4 is 5.95 Å². The smallest absolute Gasteiger partial charge is 0.223 e. The number of terminal acetylenes is 1. The molecule has 1 rings (SSSR count). The quantitative estimate of drug-likeness (QED) is 0.547. The van der Waals surface area contributed by atoms with Gasteiger partial charge in [-0.3, -0.25) is 0 Å². The summed E-state index contributed by atoms with van der Waals surface area (Å²) < 4.78 is 5.23. The topological polar surface area (TPSA) is 61.0 Å². The molecule has 0 aliphatic heterocycles. The first-order valence-electron chi connectivity index (χ1n) is 3.90. The molecule has 0 atom stereocenters. The van der Waals surface area contributed by atoms with Crippen molar-refractivity contribution in [1.82, 2.24) is 9.97 Å². The molecule has 0 radical (unpaired) electrons. The van der Waals surface area contributed by atoms with Gasteiger partial charge in [-0.25, -0.2) is 4.98 Å². The predicted molar refractivity (Wildman–Crippen MR) is 50.1 cm³/mol. The SMILES string of the molecule is C#CCCOc1cc(C)nc(N)n1. The predicted octanol–water partition coefficient (Wildman–Crippen LogP) is 0.769. The lowest BCUT2D eigenvalue weighted by Crippen LogP contribution is -2.02. The van der Waals surface area contributed by atoms with E-state index in [1.165, 1.54) is 0 Å². The molecule has 68 valence electrons. The summed E-state index contributed by atoms with van der Waals surface area (Å²) in [7, 11) is 0. The first kappa shape index (κ1) is 9.33. The lowest BCUT2D eigenvalue weighted by atomic mass is 10.4. The van der Waals surface area contributed by atoms with E-state index in [0.717, 1.165) is 5.69 Å². The van der Waals surface area contributed by atoms with E-state index in [-0.39, 0.29) is 5.95 Å². The van der Waals surface area contributed by atoms with Gasteiger partial charge in [0.1, 0.15) is 6.61 Å². The van der Waals surface area contributed by atoms with Crippen molar-refractivity contribution in [1.29, 1.82) is 0 Å². The van der Waals surface area contributed by atoms with Crippen molar-refractivity contribution in [3.63, 3.8) is 0 Å². The van der Waals surface area contributed by atoms with Crippen LogP contribution in [-0.4, -0.2) is 16.6 Å². The Kier molecular flexibility index (Phi) is 3.09. The average molecular weight is 177 g/mol. The molecule has 1 aromatic rings. The van der Waals surface area contributed by atoms with Crippen LogP contribution in [0.15, 0.2) is 6.07 Å². The fourth-order valence-electron chi connectivity index (χ4n) is 0.850. The molecule has 0 saturated heterocycles. The highest BCUT2D eigenvalue weighted by Crippen LogP contribution is 2.09. The van der Waals surface area contributed by atoms with Gasteiger partial charge < -0.3 is 10.5 Å². The third kappa shape index (κ3) is 2.99. The van der Waals surface area contributed by atoms with Gasteiger partial charge in [0.15, 0.2) is 0 Å². The molecular weight excluding hydrogens is 166 g/mol. The van der Waals surface area contributed by atoms with Crippen molar-refractivity contribution < 1.29 is 4.74 Å². The maximum Gasteiger partial charge on any atom is 0.223 e. The second kappa shape index (κ2) is 4.31. The van der Waals surface area contributed by atoms with Gasteiger partial charge in [-0.15, -0.1) is 12.3 Å². The summed E-state index contributed by atoms with van der Waals surface area (Å²) in [5.74, 6) is 3.16. The van der Waals surface area contributed by atoms with Crippen LogP contribution >= 0.6 is 0 Å². The number of rotatable bonds is 3. The number of aromatic nitrogens is 2. The van der Waals surface area contributed by atoms with Gasteiger partial charge in [-0.05, 0) is 6.92 Å². The molecule has 1 heterocycles. The molecule has 4 heteroatoms. The highest BCUT2D eigenvalue weighted by atomic mass is 16.5. The minimum atomic E-state index is 0.218. The fraction of sp³-hybridized carbons (Fsp3) is 0.333. The van der Waals surface area contributed by atoms with Gasteiger partial charge >= 0.3 is 0 Å². The molecule has 1 aromatic heterocycles. The van der Waals surface area contributed by atoms with Crippen LogP contribution in [0.4, 0.5) is 5.95 Å². The first-order chi connectivity index (χ1) is 6.22. The number of ether oxygens (including phenoxy) is 1. The summed E-state index contributed by atoms with van der Waals surface area (Å²) in [5.41, 5.74) is 6.20. The van der Waals surface area contributed by atoms with E-state index < -0.39 is 0 Å². The van der Waals surface area contributed by atoms with E-state index in [1.807, 2.05) is 6.92 Å². The Balaban J connectivity index is 2.62. The van der Waals surface area contributed by atoms with Crippen LogP contribution in [-0.2, 0) is 0 Å². The Morgan fingerprint density at radius 3 is 3.00 bits per heavy atom. The van der Waals surface area contributed by atoms with Gasteiger partial charge in [-0.2, -0.15) is 4.98 Å². The lowest BCUT2D eigenvalue weighted by molar-refractivity contribution is 0.314. The van der Waals surface area contributed by atoms with Gasteiger partial charge in [0.25, 0.3) is 0 Å². The van der Waals surface area contributed by atoms with Crippen LogP contribution in [0.25, 0.3) is 0 Å².